The summed E-state index contributed by atoms with van der Waals surface area (Å²) in [7, 11) is -3.45. The fraction of sp³-hybridized carbons (Fsp3) is 0.300. The minimum absolute atomic E-state index is 0.0366. The summed E-state index contributed by atoms with van der Waals surface area (Å²) < 4.78 is 63.6. The first kappa shape index (κ1) is 56.4. The normalized spacial score (nSPS) is 23.2. The topological polar surface area (TPSA) is 215 Å². The number of hydrogen-bond acceptors (Lipinski definition) is 17. The summed E-state index contributed by atoms with van der Waals surface area (Å²) in [5.41, 5.74) is 0.311. The predicted octanol–water partition coefficient (Wildman–Crippen LogP) is 6.79. The number of carbonyl (C=O) groups is 6. The number of aliphatic hydroxyl groups is 1. The van der Waals surface area contributed by atoms with E-state index in [1.807, 2.05) is 81.4 Å². The molecule has 0 aromatic heterocycles. The van der Waals surface area contributed by atoms with Gasteiger partial charge in [-0.15, -0.1) is 0 Å². The number of benzene rings is 6. The van der Waals surface area contributed by atoms with Gasteiger partial charge < -0.3 is 52.2 Å². The maximum Gasteiger partial charge on any atom is 0.338 e. The Hall–Kier alpha value is -7.84. The minimum Gasteiger partial charge on any atom is -0.459 e. The average Bonchev–Trinajstić information content (AvgIpc) is 3.64. The van der Waals surface area contributed by atoms with Crippen molar-refractivity contribution in [2.75, 3.05) is 13.2 Å². The van der Waals surface area contributed by atoms with Gasteiger partial charge in [-0.1, -0.05) is 154 Å². The number of ether oxygens (including phenoxy) is 9. The third-order valence-electron chi connectivity index (χ3n) is 13.1. The fourth-order valence-electron chi connectivity index (χ4n) is 9.60. The number of aliphatic hydroxyl groups excluding tert-OH is 1. The lowest BCUT2D eigenvalue weighted by Gasteiger charge is -2.49. The van der Waals surface area contributed by atoms with E-state index in [4.69, 9.17) is 47.1 Å². The molecule has 10 atom stereocenters. The molecule has 2 saturated heterocycles. The van der Waals surface area contributed by atoms with E-state index >= 15 is 0 Å². The first-order valence-corrected chi connectivity index (χ1v) is 27.2. The molecule has 0 radical (unpaired) electrons. The Morgan fingerprint density at radius 2 is 0.795 bits per heavy atom. The summed E-state index contributed by atoms with van der Waals surface area (Å²) in [6.45, 7) is 7.25. The van der Waals surface area contributed by atoms with Crippen molar-refractivity contribution in [3.63, 3.8) is 0 Å². The molecular weight excluding hydrogens is 1020 g/mol. The van der Waals surface area contributed by atoms with Crippen molar-refractivity contribution in [1.29, 1.82) is 0 Å². The molecule has 0 aliphatic carbocycles. The third kappa shape index (κ3) is 13.3. The molecule has 1 N–H and O–H groups in total. The highest BCUT2D eigenvalue weighted by Crippen LogP contribution is 2.40. The maximum atomic E-state index is 14.5. The van der Waals surface area contributed by atoms with E-state index in [1.165, 1.54) is 48.5 Å². The molecule has 8 rings (SSSR count). The SMILES string of the molecule is CC(=O)O[C@@H]1[C@H](OC(C)=O)[C@@H](O)O[C@H](CO[Si](c2ccccc2)(c2ccccc2)C(C)(C)C)[C@H]1O[C@H]1O[C@H](COC(=O)c2ccccc2)[C@@H](OC(=O)c2ccccc2)[C@H](OC(=O)c2ccccc2)[C@@H]1OC(=O)c1ccccc1. The van der Waals surface area contributed by atoms with Gasteiger partial charge in [0.1, 0.15) is 24.9 Å². The van der Waals surface area contributed by atoms with Gasteiger partial charge in [-0.3, -0.25) is 9.59 Å². The Morgan fingerprint density at radius 3 is 1.22 bits per heavy atom. The van der Waals surface area contributed by atoms with Crippen LogP contribution in [0.1, 0.15) is 76.1 Å². The lowest BCUT2D eigenvalue weighted by Crippen LogP contribution is -2.69. The quantitative estimate of drug-likeness (QED) is 0.0533. The second-order valence-electron chi connectivity index (χ2n) is 19.5. The molecule has 2 aliphatic rings. The van der Waals surface area contributed by atoms with E-state index in [0.717, 1.165) is 24.2 Å². The van der Waals surface area contributed by atoms with E-state index < -0.39 is 117 Å². The van der Waals surface area contributed by atoms with Gasteiger partial charge in [-0.05, 0) is 63.9 Å². The highest BCUT2D eigenvalue weighted by Gasteiger charge is 2.59. The Balaban J connectivity index is 1.29. The van der Waals surface area contributed by atoms with Crippen LogP contribution in [0.5, 0.6) is 0 Å². The summed E-state index contributed by atoms with van der Waals surface area (Å²) in [5.74, 6) is -5.45. The summed E-state index contributed by atoms with van der Waals surface area (Å²) >= 11 is 0. The Morgan fingerprint density at radius 1 is 0.436 bits per heavy atom. The molecule has 0 amide bonds. The lowest BCUT2D eigenvalue weighted by atomic mass is 9.95. The zero-order valence-corrected chi connectivity index (χ0v) is 44.5. The van der Waals surface area contributed by atoms with Gasteiger partial charge in [0.25, 0.3) is 8.32 Å². The molecule has 2 aliphatic heterocycles. The molecule has 6 aromatic carbocycles. The van der Waals surface area contributed by atoms with Gasteiger partial charge in [-0.25, -0.2) is 19.2 Å². The predicted molar refractivity (Wildman–Crippen MR) is 283 cm³/mol. The van der Waals surface area contributed by atoms with Crippen LogP contribution in [0.25, 0.3) is 0 Å². The van der Waals surface area contributed by atoms with Crippen LogP contribution < -0.4 is 10.4 Å². The average molecular weight is 1080 g/mol. The molecule has 2 fully saturated rings. The zero-order valence-electron chi connectivity index (χ0n) is 43.5. The summed E-state index contributed by atoms with van der Waals surface area (Å²) in [4.78, 5) is 82.9. The zero-order chi connectivity index (χ0) is 55.4. The highest BCUT2D eigenvalue weighted by atomic mass is 28.4. The number of hydrogen-bond donors (Lipinski definition) is 1. The summed E-state index contributed by atoms with van der Waals surface area (Å²) in [5, 5.41) is 13.0. The summed E-state index contributed by atoms with van der Waals surface area (Å²) in [6.07, 6.45) is -17.6. The van der Waals surface area contributed by atoms with Crippen molar-refractivity contribution in [1.82, 2.24) is 0 Å². The van der Waals surface area contributed by atoms with Crippen LogP contribution in [0.4, 0.5) is 0 Å². The molecule has 6 aromatic rings. The van der Waals surface area contributed by atoms with Crippen molar-refractivity contribution in [2.45, 2.75) is 101 Å². The van der Waals surface area contributed by atoms with Gasteiger partial charge >= 0.3 is 35.8 Å². The molecule has 406 valence electrons. The van der Waals surface area contributed by atoms with Crippen LogP contribution in [0, 0.1) is 0 Å². The second kappa shape index (κ2) is 25.5. The maximum absolute atomic E-state index is 14.5. The monoisotopic (exact) mass is 1080 g/mol. The van der Waals surface area contributed by atoms with Crippen LogP contribution in [-0.4, -0.2) is 124 Å². The van der Waals surface area contributed by atoms with E-state index in [2.05, 4.69) is 0 Å². The van der Waals surface area contributed by atoms with Gasteiger partial charge in [0.05, 0.1) is 28.9 Å². The molecule has 0 saturated carbocycles. The Kier molecular flexibility index (Phi) is 18.5. The molecule has 0 bridgehead atoms. The van der Waals surface area contributed by atoms with Crippen molar-refractivity contribution in [2.24, 2.45) is 0 Å². The standard InChI is InChI=1S/C60H60O17Si/c1-38(61)70-50-49(47(72-58(67)52(50)71-39(2)62)37-69-78(60(3,4)5,44-32-20-10-21-33-44)45-34-22-11-23-35-45)77-59-53(76-57(66)43-30-18-9-19-31-43)51(75-56(65)42-28-16-8-17-29-42)48(74-55(64)41-26-14-7-15-27-41)46(73-59)36-68-54(63)40-24-12-6-13-25-40/h6-35,46-53,58-59,67H,36-37H2,1-5H3/t46-,47-,48-,49-,50+,51+,52+,53+,58+,59-/m1/s1. The van der Waals surface area contributed by atoms with Crippen LogP contribution >= 0.6 is 0 Å². The molecule has 18 heteroatoms. The first-order valence-electron chi connectivity index (χ1n) is 25.3. The van der Waals surface area contributed by atoms with Crippen molar-refractivity contribution < 1.29 is 80.9 Å². The Bertz CT molecular complexity index is 2920. The van der Waals surface area contributed by atoms with E-state index in [0.29, 0.717) is 0 Å². The third-order valence-corrected chi connectivity index (χ3v) is 18.1. The molecule has 17 nitrogen and oxygen atoms in total. The molecule has 0 spiro atoms. The van der Waals surface area contributed by atoms with Crippen LogP contribution in [0.15, 0.2) is 182 Å². The van der Waals surface area contributed by atoms with Crippen LogP contribution in [0.3, 0.4) is 0 Å². The minimum atomic E-state index is -3.45. The molecular formula is C60H60O17Si. The second-order valence-corrected chi connectivity index (χ2v) is 23.8. The molecule has 78 heavy (non-hydrogen) atoms. The van der Waals surface area contributed by atoms with E-state index in [9.17, 15) is 33.9 Å². The fourth-order valence-corrected chi connectivity index (χ4v) is 14.2. The summed E-state index contributed by atoms with van der Waals surface area (Å²) in [6, 6.07) is 50.8. The van der Waals surface area contributed by atoms with Gasteiger partial charge in [-0.2, -0.15) is 0 Å². The first-order chi connectivity index (χ1) is 37.5. The van der Waals surface area contributed by atoms with Crippen LogP contribution in [-0.2, 0) is 56.6 Å². The number of rotatable bonds is 18. The van der Waals surface area contributed by atoms with E-state index in [1.54, 1.807) is 72.8 Å². The Labute approximate surface area is 452 Å². The molecule has 0 unspecified atom stereocenters. The lowest BCUT2D eigenvalue weighted by molar-refractivity contribution is -0.354. The van der Waals surface area contributed by atoms with Crippen molar-refractivity contribution >= 4 is 54.5 Å². The number of esters is 6. The van der Waals surface area contributed by atoms with Gasteiger partial charge in [0.15, 0.2) is 43.1 Å². The van der Waals surface area contributed by atoms with Crippen molar-refractivity contribution in [3.8, 4) is 0 Å². The highest BCUT2D eigenvalue weighted by molar-refractivity contribution is 6.99. The number of carbonyl (C=O) groups excluding carboxylic acids is 6. The largest absolute Gasteiger partial charge is 0.459 e. The van der Waals surface area contributed by atoms with Crippen LogP contribution in [0.2, 0.25) is 5.04 Å². The smallest absolute Gasteiger partial charge is 0.338 e. The molecule has 2 heterocycles. The van der Waals surface area contributed by atoms with E-state index in [-0.39, 0.29) is 28.9 Å². The van der Waals surface area contributed by atoms with Gasteiger partial charge in [0.2, 0.25) is 0 Å². The van der Waals surface area contributed by atoms with Gasteiger partial charge in [0, 0.05) is 13.8 Å². The van der Waals surface area contributed by atoms with Crippen molar-refractivity contribution in [3.05, 3.63) is 204 Å².